The summed E-state index contributed by atoms with van der Waals surface area (Å²) in [6.45, 7) is 5.29. The van der Waals surface area contributed by atoms with Gasteiger partial charge in [-0.05, 0) is 61.7 Å². The molecule has 3 aromatic carbocycles. The van der Waals surface area contributed by atoms with Crippen molar-refractivity contribution in [2.75, 3.05) is 92.5 Å². The van der Waals surface area contributed by atoms with E-state index in [1.165, 1.54) is 5.01 Å². The third-order valence-corrected chi connectivity index (χ3v) is 10.5. The first kappa shape index (κ1) is 46.1. The molecule has 2 atom stereocenters. The second kappa shape index (κ2) is 22.1. The van der Waals surface area contributed by atoms with Crippen molar-refractivity contribution in [3.05, 3.63) is 88.0 Å². The first-order valence-corrected chi connectivity index (χ1v) is 20.7. The van der Waals surface area contributed by atoms with Crippen molar-refractivity contribution in [1.29, 1.82) is 0 Å². The van der Waals surface area contributed by atoms with E-state index in [-0.39, 0.29) is 41.9 Å². The van der Waals surface area contributed by atoms with Crippen LogP contribution in [0.5, 0.6) is 11.5 Å². The number of methoxy groups -OCH3 is 2. The van der Waals surface area contributed by atoms with Crippen LogP contribution in [-0.2, 0) is 35.0 Å². The number of fused-ring (bicyclic) bond motifs is 2. The lowest BCUT2D eigenvalue weighted by atomic mass is 9.93. The normalized spacial score (nSPS) is 17.0. The summed E-state index contributed by atoms with van der Waals surface area (Å²) >= 11 is 0. The molecule has 0 bridgehead atoms. The second-order valence-electron chi connectivity index (χ2n) is 14.7. The van der Waals surface area contributed by atoms with Gasteiger partial charge in [-0.25, -0.2) is 9.80 Å². The van der Waals surface area contributed by atoms with Gasteiger partial charge in [0.25, 0.3) is 17.7 Å². The van der Waals surface area contributed by atoms with Crippen LogP contribution in [0.4, 0.5) is 10.5 Å². The van der Waals surface area contributed by atoms with Crippen molar-refractivity contribution in [3.63, 3.8) is 0 Å². The standard InChI is InChI=1S/C44H53N7O12/c1-27-24-30-25-35(58-3)36(59-4)26-32(30)39(49-51(27)44(57)45-2)28-8-10-29(11-9-28)40(53)47-15-17-61-19-21-63-23-22-62-20-18-60-16-14-46-33-7-5-6-31-38(33)43(56)50(42(31)55)34-12-13-37(52)48-41(34)54/h5-11,25-27,34,46H,12-24H2,1-4H3,(H,45,57)(H,47,53)(H,48,52,54)/t27-,34-/m0/s1. The molecule has 7 amide bonds. The number of hydrogen-bond acceptors (Lipinski definition) is 14. The number of amides is 7. The van der Waals surface area contributed by atoms with Crippen molar-refractivity contribution >= 4 is 47.0 Å². The van der Waals surface area contributed by atoms with Crippen LogP contribution in [0.2, 0.25) is 0 Å². The summed E-state index contributed by atoms with van der Waals surface area (Å²) in [6.07, 6.45) is 0.676. The Morgan fingerprint density at radius 3 is 2.06 bits per heavy atom. The molecule has 63 heavy (non-hydrogen) atoms. The molecule has 0 aromatic heterocycles. The predicted octanol–water partition coefficient (Wildman–Crippen LogP) is 2.35. The van der Waals surface area contributed by atoms with Crippen molar-refractivity contribution in [2.24, 2.45) is 5.10 Å². The summed E-state index contributed by atoms with van der Waals surface area (Å²) in [4.78, 5) is 76.8. The zero-order valence-electron chi connectivity index (χ0n) is 35.8. The minimum atomic E-state index is -1.03. The topological polar surface area (TPSA) is 225 Å². The number of carbonyl (C=O) groups excluding carboxylic acids is 6. The first-order valence-electron chi connectivity index (χ1n) is 20.7. The molecule has 3 aliphatic rings. The van der Waals surface area contributed by atoms with E-state index in [0.717, 1.165) is 16.0 Å². The predicted molar refractivity (Wildman–Crippen MR) is 228 cm³/mol. The van der Waals surface area contributed by atoms with E-state index in [1.807, 2.05) is 19.1 Å². The third-order valence-electron chi connectivity index (χ3n) is 10.5. The van der Waals surface area contributed by atoms with Gasteiger partial charge in [-0.3, -0.25) is 34.2 Å². The Bertz CT molecular complexity index is 2200. The number of anilines is 1. The van der Waals surface area contributed by atoms with Crippen LogP contribution in [0.1, 0.15) is 67.5 Å². The molecule has 0 spiro atoms. The van der Waals surface area contributed by atoms with Gasteiger partial charge in [-0.15, -0.1) is 0 Å². The largest absolute Gasteiger partial charge is 0.493 e. The number of piperidine rings is 1. The molecule has 6 rings (SSSR count). The number of carbonyl (C=O) groups is 6. The molecular weight excluding hydrogens is 819 g/mol. The van der Waals surface area contributed by atoms with Gasteiger partial charge in [0.2, 0.25) is 11.8 Å². The fourth-order valence-electron chi connectivity index (χ4n) is 7.35. The van der Waals surface area contributed by atoms with Gasteiger partial charge in [0.15, 0.2) is 11.5 Å². The lowest BCUT2D eigenvalue weighted by Gasteiger charge is -2.27. The minimum Gasteiger partial charge on any atom is -0.493 e. The van der Waals surface area contributed by atoms with Crippen molar-refractivity contribution in [2.45, 2.75) is 38.3 Å². The Morgan fingerprint density at radius 1 is 0.794 bits per heavy atom. The van der Waals surface area contributed by atoms with Gasteiger partial charge in [0.1, 0.15) is 6.04 Å². The Hall–Kier alpha value is -6.41. The smallest absolute Gasteiger partial charge is 0.337 e. The number of nitrogens with one attached hydrogen (secondary N) is 4. The van der Waals surface area contributed by atoms with E-state index in [1.54, 1.807) is 63.7 Å². The van der Waals surface area contributed by atoms with Crippen LogP contribution in [0.25, 0.3) is 0 Å². The molecule has 1 saturated heterocycles. The fraction of sp³-hybridized carbons (Fsp3) is 0.432. The maximum absolute atomic E-state index is 13.2. The molecule has 1 fully saturated rings. The molecule has 3 aromatic rings. The number of urea groups is 1. The summed E-state index contributed by atoms with van der Waals surface area (Å²) in [5.74, 6) is -1.37. The Morgan fingerprint density at radius 2 is 1.43 bits per heavy atom. The molecule has 0 radical (unpaired) electrons. The monoisotopic (exact) mass is 871 g/mol. The summed E-state index contributed by atoms with van der Waals surface area (Å²) in [5, 5.41) is 17.0. The lowest BCUT2D eigenvalue weighted by Crippen LogP contribution is -2.54. The van der Waals surface area contributed by atoms with E-state index in [4.69, 9.17) is 33.5 Å². The average Bonchev–Trinajstić information content (AvgIpc) is 3.44. The SMILES string of the molecule is CNC(=O)N1N=C(c2ccc(C(=O)NCCOCCOCCOCCOCCNc3cccc4c3C(=O)N([C@H]3CCC(=O)NC3=O)C4=O)cc2)c2cc(OC)c(OC)cc2C[C@@H]1C. The van der Waals surface area contributed by atoms with Gasteiger partial charge < -0.3 is 44.4 Å². The maximum atomic E-state index is 13.2. The molecule has 0 aliphatic carbocycles. The molecule has 0 saturated carbocycles. The molecule has 19 heteroatoms. The number of benzene rings is 3. The van der Waals surface area contributed by atoms with E-state index >= 15 is 0 Å². The molecule has 19 nitrogen and oxygen atoms in total. The number of rotatable bonds is 21. The van der Waals surface area contributed by atoms with Crippen LogP contribution < -0.4 is 30.7 Å². The van der Waals surface area contributed by atoms with Gasteiger partial charge >= 0.3 is 6.03 Å². The van der Waals surface area contributed by atoms with Gasteiger partial charge in [-0.2, -0.15) is 5.10 Å². The third kappa shape index (κ3) is 11.2. The molecule has 4 N–H and O–H groups in total. The highest BCUT2D eigenvalue weighted by atomic mass is 16.6. The zero-order chi connectivity index (χ0) is 44.9. The number of hydrogen-bond donors (Lipinski definition) is 4. The summed E-state index contributed by atoms with van der Waals surface area (Å²) in [6, 6.07) is 14.0. The zero-order valence-corrected chi connectivity index (χ0v) is 35.8. The van der Waals surface area contributed by atoms with Crippen molar-refractivity contribution < 1.29 is 57.2 Å². The Kier molecular flexibility index (Phi) is 16.2. The average molecular weight is 872 g/mol. The van der Waals surface area contributed by atoms with E-state index < -0.39 is 29.7 Å². The van der Waals surface area contributed by atoms with Gasteiger partial charge in [0.05, 0.1) is 90.0 Å². The van der Waals surface area contributed by atoms with Crippen molar-refractivity contribution in [3.8, 4) is 11.5 Å². The summed E-state index contributed by atoms with van der Waals surface area (Å²) in [7, 11) is 4.69. The van der Waals surface area contributed by atoms with Gasteiger partial charge in [-0.1, -0.05) is 18.2 Å². The molecular formula is C44H53N7O12. The number of nitrogens with zero attached hydrogens (tertiary/aromatic N) is 3. The molecule has 3 heterocycles. The number of hydrazone groups is 1. The van der Waals surface area contributed by atoms with Crippen LogP contribution in [0.3, 0.4) is 0 Å². The molecule has 336 valence electrons. The number of imide groups is 2. The summed E-state index contributed by atoms with van der Waals surface area (Å²) in [5.41, 5.74) is 4.31. The Labute approximate surface area is 364 Å². The lowest BCUT2D eigenvalue weighted by molar-refractivity contribution is -0.136. The highest BCUT2D eigenvalue weighted by Gasteiger charge is 2.45. The second-order valence-corrected chi connectivity index (χ2v) is 14.7. The van der Waals surface area contributed by atoms with Crippen LogP contribution in [0.15, 0.2) is 59.7 Å². The molecule has 0 unspecified atom stereocenters. The van der Waals surface area contributed by atoms with Gasteiger partial charge in [0, 0.05) is 48.9 Å². The number of ether oxygens (including phenoxy) is 6. The highest BCUT2D eigenvalue weighted by molar-refractivity contribution is 6.25. The minimum absolute atomic E-state index is 0.0517. The first-order chi connectivity index (χ1) is 30.6. The van der Waals surface area contributed by atoms with Crippen molar-refractivity contribution in [1.82, 2.24) is 25.9 Å². The van der Waals surface area contributed by atoms with E-state index in [9.17, 15) is 28.8 Å². The quantitative estimate of drug-likeness (QED) is 0.0893. The van der Waals surface area contributed by atoms with Crippen LogP contribution >= 0.6 is 0 Å². The van der Waals surface area contributed by atoms with Crippen LogP contribution in [0, 0.1) is 0 Å². The Balaban J connectivity index is 0.825. The maximum Gasteiger partial charge on any atom is 0.337 e. The summed E-state index contributed by atoms with van der Waals surface area (Å²) < 4.78 is 33.4. The van der Waals surface area contributed by atoms with E-state index in [0.29, 0.717) is 106 Å². The van der Waals surface area contributed by atoms with Crippen LogP contribution in [-0.4, -0.2) is 150 Å². The molecule has 3 aliphatic heterocycles. The van der Waals surface area contributed by atoms with E-state index in [2.05, 4.69) is 21.3 Å². The fourth-order valence-corrected chi connectivity index (χ4v) is 7.35. The highest BCUT2D eigenvalue weighted by Crippen LogP contribution is 2.35.